The molecule has 5 nitrogen and oxygen atoms in total. The third-order valence-corrected chi connectivity index (χ3v) is 1.91. The van der Waals surface area contributed by atoms with Gasteiger partial charge in [-0.05, 0) is 12.3 Å². The van der Waals surface area contributed by atoms with E-state index in [2.05, 4.69) is 4.52 Å². The molecule has 78 valence electrons. The predicted octanol–water partition coefficient (Wildman–Crippen LogP) is 0.875. The van der Waals surface area contributed by atoms with E-state index in [0.717, 1.165) is 0 Å². The van der Waals surface area contributed by atoms with Crippen molar-refractivity contribution in [1.29, 1.82) is 0 Å². The summed E-state index contributed by atoms with van der Waals surface area (Å²) in [5, 5.41) is 8.80. The van der Waals surface area contributed by atoms with Gasteiger partial charge in [-0.25, -0.2) is 14.3 Å². The first kappa shape index (κ1) is 10.6. The van der Waals surface area contributed by atoms with Crippen LogP contribution in [0.25, 0.3) is 0 Å². The van der Waals surface area contributed by atoms with Gasteiger partial charge in [0.2, 0.25) is 0 Å². The topological polar surface area (TPSA) is 72.4 Å². The van der Waals surface area contributed by atoms with Crippen LogP contribution in [0.2, 0.25) is 0 Å². The number of hydrogen-bond acceptors (Lipinski definition) is 3. The Balaban J connectivity index is 3.25. The molecule has 0 aliphatic carbocycles. The maximum absolute atomic E-state index is 11.1. The van der Waals surface area contributed by atoms with Crippen molar-refractivity contribution in [3.63, 3.8) is 0 Å². The molecule has 0 spiro atoms. The molecular formula is C9H13NO4. The monoisotopic (exact) mass is 199 g/mol. The molecule has 0 bridgehead atoms. The Morgan fingerprint density at radius 1 is 1.57 bits per heavy atom. The zero-order valence-corrected chi connectivity index (χ0v) is 8.40. The highest BCUT2D eigenvalue weighted by Gasteiger charge is 2.21. The van der Waals surface area contributed by atoms with Crippen LogP contribution in [0.15, 0.2) is 9.32 Å². The lowest BCUT2D eigenvalue weighted by molar-refractivity contribution is 0.0693. The van der Waals surface area contributed by atoms with Gasteiger partial charge < -0.3 is 9.63 Å². The van der Waals surface area contributed by atoms with E-state index in [0.29, 0.717) is 12.1 Å². The molecule has 0 fully saturated rings. The smallest absolute Gasteiger partial charge is 0.372 e. The number of carboxylic acid groups (broad SMARTS) is 1. The highest BCUT2D eigenvalue weighted by atomic mass is 16.5. The van der Waals surface area contributed by atoms with Gasteiger partial charge in [-0.1, -0.05) is 13.8 Å². The lowest BCUT2D eigenvalue weighted by atomic mass is 10.1. The summed E-state index contributed by atoms with van der Waals surface area (Å²) >= 11 is 0. The van der Waals surface area contributed by atoms with Crippen molar-refractivity contribution in [2.45, 2.75) is 20.3 Å². The fourth-order valence-electron chi connectivity index (χ4n) is 1.33. The number of carboxylic acids is 1. The Labute approximate surface area is 80.9 Å². The number of nitrogens with zero attached hydrogens (tertiary/aromatic N) is 1. The number of aromatic nitrogens is 1. The van der Waals surface area contributed by atoms with Gasteiger partial charge in [0.25, 0.3) is 0 Å². The van der Waals surface area contributed by atoms with E-state index in [1.807, 2.05) is 13.8 Å². The van der Waals surface area contributed by atoms with Crippen molar-refractivity contribution in [3.05, 3.63) is 21.7 Å². The Bertz CT molecular complexity index is 399. The first-order chi connectivity index (χ1) is 6.43. The van der Waals surface area contributed by atoms with Crippen molar-refractivity contribution in [2.24, 2.45) is 13.0 Å². The van der Waals surface area contributed by atoms with E-state index in [4.69, 9.17) is 5.11 Å². The van der Waals surface area contributed by atoms with Crippen molar-refractivity contribution >= 4 is 5.97 Å². The van der Waals surface area contributed by atoms with Crippen LogP contribution in [0.3, 0.4) is 0 Å². The molecule has 5 heteroatoms. The maximum Gasteiger partial charge on any atom is 0.372 e. The van der Waals surface area contributed by atoms with Crippen LogP contribution in [0.5, 0.6) is 0 Å². The summed E-state index contributed by atoms with van der Waals surface area (Å²) < 4.78 is 5.92. The Kier molecular flexibility index (Phi) is 2.78. The van der Waals surface area contributed by atoms with Crippen LogP contribution in [0, 0.1) is 5.92 Å². The molecule has 0 aliphatic rings. The molecule has 1 heterocycles. The second-order valence-corrected chi connectivity index (χ2v) is 3.60. The standard InChI is InChI=1S/C9H13NO4/c1-5(2)4-6-7(8(11)12)9(13)14-10(6)3/h5H,4H2,1-3H3,(H,11,12). The molecule has 14 heavy (non-hydrogen) atoms. The van der Waals surface area contributed by atoms with Gasteiger partial charge in [-0.2, -0.15) is 0 Å². The molecule has 0 amide bonds. The molecule has 1 aromatic heterocycles. The highest BCUT2D eigenvalue weighted by molar-refractivity contribution is 5.88. The number of carbonyl (C=O) groups is 1. The largest absolute Gasteiger partial charge is 0.477 e. The van der Waals surface area contributed by atoms with Crippen molar-refractivity contribution in [3.8, 4) is 0 Å². The van der Waals surface area contributed by atoms with Crippen LogP contribution in [0.4, 0.5) is 0 Å². The van der Waals surface area contributed by atoms with E-state index in [1.54, 1.807) is 0 Å². The first-order valence-corrected chi connectivity index (χ1v) is 4.36. The molecule has 1 rings (SSSR count). The average Bonchev–Trinajstić information content (AvgIpc) is 2.25. The Morgan fingerprint density at radius 2 is 2.14 bits per heavy atom. The third kappa shape index (κ3) is 1.86. The summed E-state index contributed by atoms with van der Waals surface area (Å²) in [5.41, 5.74) is -0.589. The minimum absolute atomic E-state index is 0.249. The van der Waals surface area contributed by atoms with Crippen molar-refractivity contribution < 1.29 is 14.4 Å². The molecule has 1 aromatic rings. The summed E-state index contributed by atoms with van der Waals surface area (Å²) in [4.78, 5) is 21.9. The summed E-state index contributed by atoms with van der Waals surface area (Å²) in [5.74, 6) is -0.953. The van der Waals surface area contributed by atoms with Crippen LogP contribution < -0.4 is 5.63 Å². The SMILES string of the molecule is CC(C)Cc1c(C(=O)O)c(=O)on1C. The second-order valence-electron chi connectivity index (χ2n) is 3.60. The van der Waals surface area contributed by atoms with Gasteiger partial charge in [-0.15, -0.1) is 0 Å². The molecule has 1 N–H and O–H groups in total. The minimum atomic E-state index is -1.23. The van der Waals surface area contributed by atoms with E-state index in [1.165, 1.54) is 11.8 Å². The molecule has 0 atom stereocenters. The van der Waals surface area contributed by atoms with E-state index < -0.39 is 11.6 Å². The number of aromatic carboxylic acids is 1. The molecule has 0 unspecified atom stereocenters. The fourth-order valence-corrected chi connectivity index (χ4v) is 1.33. The zero-order chi connectivity index (χ0) is 10.9. The second kappa shape index (κ2) is 3.69. The van der Waals surface area contributed by atoms with Gasteiger partial charge in [0.05, 0.1) is 5.69 Å². The third-order valence-electron chi connectivity index (χ3n) is 1.91. The average molecular weight is 199 g/mol. The summed E-state index contributed by atoms with van der Waals surface area (Å²) in [7, 11) is 1.53. The molecule has 0 aromatic carbocycles. The highest BCUT2D eigenvalue weighted by Crippen LogP contribution is 2.10. The number of rotatable bonds is 3. The van der Waals surface area contributed by atoms with E-state index in [-0.39, 0.29) is 11.5 Å². The summed E-state index contributed by atoms with van der Waals surface area (Å²) in [6.45, 7) is 3.90. The molecule has 0 saturated heterocycles. The predicted molar refractivity (Wildman–Crippen MR) is 49.5 cm³/mol. The van der Waals surface area contributed by atoms with Crippen LogP contribution >= 0.6 is 0 Å². The molecule has 0 aliphatic heterocycles. The first-order valence-electron chi connectivity index (χ1n) is 4.36. The Hall–Kier alpha value is -1.52. The van der Waals surface area contributed by atoms with Crippen LogP contribution in [-0.4, -0.2) is 15.8 Å². The summed E-state index contributed by atoms with van der Waals surface area (Å²) in [6, 6.07) is 0. The normalized spacial score (nSPS) is 10.9. The zero-order valence-electron chi connectivity index (χ0n) is 8.40. The van der Waals surface area contributed by atoms with Gasteiger partial charge in [0, 0.05) is 7.05 Å². The van der Waals surface area contributed by atoms with Crippen molar-refractivity contribution in [2.75, 3.05) is 0 Å². The molecule has 0 radical (unpaired) electrons. The molecular weight excluding hydrogens is 186 g/mol. The van der Waals surface area contributed by atoms with Crippen molar-refractivity contribution in [1.82, 2.24) is 4.74 Å². The van der Waals surface area contributed by atoms with Gasteiger partial charge in [-0.3, -0.25) is 0 Å². The van der Waals surface area contributed by atoms with Gasteiger partial charge in [0.1, 0.15) is 0 Å². The van der Waals surface area contributed by atoms with Crippen LogP contribution in [-0.2, 0) is 13.5 Å². The number of hydrogen-bond donors (Lipinski definition) is 1. The van der Waals surface area contributed by atoms with E-state index in [9.17, 15) is 9.59 Å². The van der Waals surface area contributed by atoms with Gasteiger partial charge >= 0.3 is 11.6 Å². The van der Waals surface area contributed by atoms with Gasteiger partial charge in [0.15, 0.2) is 5.56 Å². The quantitative estimate of drug-likeness (QED) is 0.784. The Morgan fingerprint density at radius 3 is 2.57 bits per heavy atom. The summed E-state index contributed by atoms with van der Waals surface area (Å²) in [6.07, 6.45) is 0.518. The number of aryl methyl sites for hydroxylation is 1. The lowest BCUT2D eigenvalue weighted by Crippen LogP contribution is -2.13. The lowest BCUT2D eigenvalue weighted by Gasteiger charge is -2.04. The van der Waals surface area contributed by atoms with Crippen LogP contribution in [0.1, 0.15) is 29.9 Å². The fraction of sp³-hybridized carbons (Fsp3) is 0.556. The minimum Gasteiger partial charge on any atom is -0.477 e. The maximum atomic E-state index is 11.1. The van der Waals surface area contributed by atoms with E-state index >= 15 is 0 Å². The molecule has 0 saturated carbocycles.